The monoisotopic (exact) mass is 320 g/mol. The number of ether oxygens (including phenoxy) is 1. The maximum absolute atomic E-state index is 12.4. The van der Waals surface area contributed by atoms with Crippen LogP contribution in [-0.4, -0.2) is 53.7 Å². The topological polar surface area (TPSA) is 87.3 Å². The largest absolute Gasteiger partial charge is 0.385 e. The van der Waals surface area contributed by atoms with Gasteiger partial charge in [0.2, 0.25) is 5.91 Å². The Morgan fingerprint density at radius 3 is 2.96 bits per heavy atom. The Morgan fingerprint density at radius 2 is 2.26 bits per heavy atom. The van der Waals surface area contributed by atoms with Gasteiger partial charge in [-0.2, -0.15) is 5.10 Å². The van der Waals surface area contributed by atoms with Crippen molar-refractivity contribution in [3.05, 3.63) is 17.0 Å². The summed E-state index contributed by atoms with van der Waals surface area (Å²) in [6, 6.07) is 0. The van der Waals surface area contributed by atoms with Crippen molar-refractivity contribution in [1.82, 2.24) is 20.4 Å². The predicted octanol–water partition coefficient (Wildman–Crippen LogP) is 0.861. The fourth-order valence-corrected chi connectivity index (χ4v) is 3.09. The Kier molecular flexibility index (Phi) is 4.95. The van der Waals surface area contributed by atoms with Crippen LogP contribution in [-0.2, 0) is 22.5 Å². The normalized spacial score (nSPS) is 17.5. The molecule has 7 heteroatoms. The van der Waals surface area contributed by atoms with Crippen molar-refractivity contribution in [3.63, 3.8) is 0 Å². The Labute approximate surface area is 135 Å². The van der Waals surface area contributed by atoms with Crippen LogP contribution in [0.5, 0.6) is 0 Å². The lowest BCUT2D eigenvalue weighted by Gasteiger charge is -2.33. The molecule has 23 heavy (non-hydrogen) atoms. The lowest BCUT2D eigenvalue weighted by atomic mass is 9.84. The van der Waals surface area contributed by atoms with Gasteiger partial charge >= 0.3 is 0 Å². The number of carbonyl (C=O) groups is 2. The molecule has 0 aromatic carbocycles. The summed E-state index contributed by atoms with van der Waals surface area (Å²) in [5.74, 6) is 0.237. The van der Waals surface area contributed by atoms with Gasteiger partial charge in [0.1, 0.15) is 0 Å². The number of aromatic amines is 1. The smallest absolute Gasteiger partial charge is 0.272 e. The van der Waals surface area contributed by atoms with E-state index in [0.717, 1.165) is 43.4 Å². The first-order valence-electron chi connectivity index (χ1n) is 8.32. The predicted molar refractivity (Wildman–Crippen MR) is 83.9 cm³/mol. The van der Waals surface area contributed by atoms with E-state index in [-0.39, 0.29) is 17.7 Å². The molecule has 1 saturated carbocycles. The highest BCUT2D eigenvalue weighted by atomic mass is 16.5. The van der Waals surface area contributed by atoms with Gasteiger partial charge in [0.25, 0.3) is 5.91 Å². The fourth-order valence-electron chi connectivity index (χ4n) is 3.09. The van der Waals surface area contributed by atoms with E-state index in [0.29, 0.717) is 31.9 Å². The second-order valence-corrected chi connectivity index (χ2v) is 6.27. The summed E-state index contributed by atoms with van der Waals surface area (Å²) in [4.78, 5) is 26.6. The third kappa shape index (κ3) is 3.39. The molecule has 1 aliphatic heterocycles. The summed E-state index contributed by atoms with van der Waals surface area (Å²) in [5, 5.41) is 9.97. The number of nitrogens with one attached hydrogen (secondary N) is 2. The van der Waals surface area contributed by atoms with Crippen LogP contribution < -0.4 is 5.32 Å². The number of methoxy groups -OCH3 is 1. The van der Waals surface area contributed by atoms with Crippen molar-refractivity contribution in [1.29, 1.82) is 0 Å². The van der Waals surface area contributed by atoms with Crippen molar-refractivity contribution >= 4 is 11.8 Å². The SMILES string of the molecule is COCCCNC(=O)c1n[nH]c2c1CN(C(=O)C1CCC1)CC2. The number of hydrogen-bond donors (Lipinski definition) is 2. The molecule has 3 rings (SSSR count). The lowest BCUT2D eigenvalue weighted by Crippen LogP contribution is -2.42. The van der Waals surface area contributed by atoms with Crippen LogP contribution in [0.15, 0.2) is 0 Å². The number of H-pyrrole nitrogens is 1. The van der Waals surface area contributed by atoms with Gasteiger partial charge < -0.3 is 15.0 Å². The number of rotatable bonds is 6. The summed E-state index contributed by atoms with van der Waals surface area (Å²) >= 11 is 0. The average molecular weight is 320 g/mol. The third-order valence-electron chi connectivity index (χ3n) is 4.73. The highest BCUT2D eigenvalue weighted by Gasteiger charge is 2.33. The molecule has 7 nitrogen and oxygen atoms in total. The summed E-state index contributed by atoms with van der Waals surface area (Å²) in [7, 11) is 1.64. The number of amides is 2. The van der Waals surface area contributed by atoms with Gasteiger partial charge in [-0.25, -0.2) is 0 Å². The van der Waals surface area contributed by atoms with E-state index < -0.39 is 0 Å². The van der Waals surface area contributed by atoms with Gasteiger partial charge in [-0.15, -0.1) is 0 Å². The van der Waals surface area contributed by atoms with E-state index in [4.69, 9.17) is 4.74 Å². The molecule has 0 saturated heterocycles. The van der Waals surface area contributed by atoms with Gasteiger partial charge in [0.05, 0.1) is 0 Å². The maximum Gasteiger partial charge on any atom is 0.272 e. The molecule has 2 amide bonds. The zero-order chi connectivity index (χ0) is 16.2. The Balaban J connectivity index is 1.63. The molecule has 0 spiro atoms. The van der Waals surface area contributed by atoms with Crippen LogP contribution in [0.2, 0.25) is 0 Å². The molecule has 0 bridgehead atoms. The van der Waals surface area contributed by atoms with Crippen LogP contribution in [0.3, 0.4) is 0 Å². The second kappa shape index (κ2) is 7.12. The van der Waals surface area contributed by atoms with Crippen molar-refractivity contribution in [2.24, 2.45) is 5.92 Å². The molecule has 2 aliphatic rings. The first-order valence-corrected chi connectivity index (χ1v) is 8.32. The first-order chi connectivity index (χ1) is 11.2. The number of aromatic nitrogens is 2. The van der Waals surface area contributed by atoms with Crippen LogP contribution in [0, 0.1) is 5.92 Å². The fraction of sp³-hybridized carbons (Fsp3) is 0.688. The van der Waals surface area contributed by atoms with Crippen molar-refractivity contribution in [3.8, 4) is 0 Å². The summed E-state index contributed by atoms with van der Waals surface area (Å²) in [6.07, 6.45) is 4.65. The minimum absolute atomic E-state index is 0.184. The van der Waals surface area contributed by atoms with E-state index in [2.05, 4.69) is 15.5 Å². The summed E-state index contributed by atoms with van der Waals surface area (Å²) < 4.78 is 4.97. The Morgan fingerprint density at radius 1 is 1.43 bits per heavy atom. The first kappa shape index (κ1) is 16.0. The van der Waals surface area contributed by atoms with E-state index >= 15 is 0 Å². The van der Waals surface area contributed by atoms with Gasteiger partial charge in [0, 0.05) is 56.9 Å². The second-order valence-electron chi connectivity index (χ2n) is 6.27. The average Bonchev–Trinajstić information content (AvgIpc) is 2.92. The van der Waals surface area contributed by atoms with Gasteiger partial charge in [-0.1, -0.05) is 6.42 Å². The quantitative estimate of drug-likeness (QED) is 0.761. The Hall–Kier alpha value is -1.89. The number of nitrogens with zero attached hydrogens (tertiary/aromatic N) is 2. The highest BCUT2D eigenvalue weighted by molar-refractivity contribution is 5.94. The number of fused-ring (bicyclic) bond motifs is 1. The van der Waals surface area contributed by atoms with Crippen molar-refractivity contribution < 1.29 is 14.3 Å². The number of carbonyl (C=O) groups excluding carboxylic acids is 2. The zero-order valence-corrected chi connectivity index (χ0v) is 13.6. The molecule has 0 unspecified atom stereocenters. The van der Waals surface area contributed by atoms with Gasteiger partial charge in [-0.05, 0) is 19.3 Å². The Bertz CT molecular complexity index is 580. The van der Waals surface area contributed by atoms with E-state index in [9.17, 15) is 9.59 Å². The minimum Gasteiger partial charge on any atom is -0.385 e. The van der Waals surface area contributed by atoms with Crippen LogP contribution in [0.1, 0.15) is 47.4 Å². The molecule has 1 aromatic heterocycles. The molecule has 0 atom stereocenters. The van der Waals surface area contributed by atoms with Crippen molar-refractivity contribution in [2.45, 2.75) is 38.6 Å². The molecule has 126 valence electrons. The number of hydrogen-bond acceptors (Lipinski definition) is 4. The molecule has 2 N–H and O–H groups in total. The molecule has 1 aliphatic carbocycles. The molecule has 1 aromatic rings. The molecule has 2 heterocycles. The molecule has 0 radical (unpaired) electrons. The van der Waals surface area contributed by atoms with Gasteiger partial charge in [-0.3, -0.25) is 14.7 Å². The van der Waals surface area contributed by atoms with Crippen LogP contribution >= 0.6 is 0 Å². The molecule has 1 fully saturated rings. The summed E-state index contributed by atoms with van der Waals surface area (Å²) in [6.45, 7) is 2.36. The summed E-state index contributed by atoms with van der Waals surface area (Å²) in [5.41, 5.74) is 2.27. The van der Waals surface area contributed by atoms with Crippen LogP contribution in [0.4, 0.5) is 0 Å². The lowest BCUT2D eigenvalue weighted by molar-refractivity contribution is -0.139. The standard InChI is InChI=1S/C16H24N4O3/c1-23-9-3-7-17-15(21)14-12-10-20(8-6-13(12)18-19-14)16(22)11-4-2-5-11/h11H,2-10H2,1H3,(H,17,21)(H,18,19). The minimum atomic E-state index is -0.184. The third-order valence-corrected chi connectivity index (χ3v) is 4.73. The van der Waals surface area contributed by atoms with E-state index in [1.165, 1.54) is 0 Å². The molecular weight excluding hydrogens is 296 g/mol. The molecular formula is C16H24N4O3. The highest BCUT2D eigenvalue weighted by Crippen LogP contribution is 2.30. The maximum atomic E-state index is 12.4. The van der Waals surface area contributed by atoms with Crippen molar-refractivity contribution in [2.75, 3.05) is 26.8 Å². The van der Waals surface area contributed by atoms with E-state index in [1.807, 2.05) is 4.90 Å². The van der Waals surface area contributed by atoms with Gasteiger partial charge in [0.15, 0.2) is 5.69 Å². The van der Waals surface area contributed by atoms with E-state index in [1.54, 1.807) is 7.11 Å². The zero-order valence-electron chi connectivity index (χ0n) is 13.6. The van der Waals surface area contributed by atoms with Crippen LogP contribution in [0.25, 0.3) is 0 Å².